The Labute approximate surface area is 153 Å². The van der Waals surface area contributed by atoms with Gasteiger partial charge < -0.3 is 4.74 Å². The van der Waals surface area contributed by atoms with E-state index >= 15 is 0 Å². The first-order valence-electron chi connectivity index (χ1n) is 8.88. The zero-order valence-corrected chi connectivity index (χ0v) is 16.4. The third kappa shape index (κ3) is 3.74. The van der Waals surface area contributed by atoms with Crippen molar-refractivity contribution in [3.63, 3.8) is 0 Å². The number of fused-ring (bicyclic) bond motifs is 1. The van der Waals surface area contributed by atoms with Gasteiger partial charge in [0, 0.05) is 17.9 Å². The van der Waals surface area contributed by atoms with Gasteiger partial charge in [-0.25, -0.2) is 0 Å². The van der Waals surface area contributed by atoms with Crippen molar-refractivity contribution in [1.82, 2.24) is 0 Å². The second-order valence-corrected chi connectivity index (χ2v) is 8.52. The van der Waals surface area contributed by atoms with Gasteiger partial charge in [0.2, 0.25) is 0 Å². The lowest BCUT2D eigenvalue weighted by Crippen LogP contribution is -2.31. The van der Waals surface area contributed by atoms with Crippen LogP contribution in [0.25, 0.3) is 0 Å². The van der Waals surface area contributed by atoms with Crippen molar-refractivity contribution in [2.45, 2.75) is 64.3 Å². The maximum atomic E-state index is 12.8. The van der Waals surface area contributed by atoms with Gasteiger partial charge in [-0.15, -0.1) is 0 Å². The molecule has 3 nitrogen and oxygen atoms in total. The molecule has 1 heterocycles. The molecular weight excluding hydrogens is 366 g/mol. The molecular formula is C20H26BrNO2. The number of ether oxygens (including phenoxy) is 1. The summed E-state index contributed by atoms with van der Waals surface area (Å²) in [5.74, 6) is 1.44. The number of Topliss-reactive ketones (excluding diaryl/α,β-unsaturated/α-hetero) is 1. The molecule has 2 aliphatic rings. The number of carbonyl (C=O) groups excluding carboxylic acids is 1. The molecule has 1 saturated carbocycles. The standard InChI is InChI=1S/C20H26BrNO2/c1-20(2)12-14-9-19(24-3)16(21)10-15(14)17(22-20)11-18(23)13-7-5-4-6-8-13/h9-10,13H,4-8,11-12H2,1-3H3. The predicted molar refractivity (Wildman–Crippen MR) is 101 cm³/mol. The zero-order valence-electron chi connectivity index (χ0n) is 14.8. The van der Waals surface area contributed by atoms with Crippen LogP contribution in [0.2, 0.25) is 0 Å². The lowest BCUT2D eigenvalue weighted by Gasteiger charge is -2.30. The van der Waals surface area contributed by atoms with E-state index in [4.69, 9.17) is 9.73 Å². The van der Waals surface area contributed by atoms with Crippen LogP contribution in [0, 0.1) is 5.92 Å². The molecule has 1 aliphatic carbocycles. The van der Waals surface area contributed by atoms with E-state index < -0.39 is 0 Å². The van der Waals surface area contributed by atoms with Crippen LogP contribution < -0.4 is 4.74 Å². The maximum Gasteiger partial charge on any atom is 0.141 e. The summed E-state index contributed by atoms with van der Waals surface area (Å²) in [5.41, 5.74) is 3.10. The Morgan fingerprint density at radius 3 is 2.67 bits per heavy atom. The third-order valence-electron chi connectivity index (χ3n) is 5.15. The van der Waals surface area contributed by atoms with E-state index in [9.17, 15) is 4.79 Å². The summed E-state index contributed by atoms with van der Waals surface area (Å²) in [4.78, 5) is 17.7. The Hall–Kier alpha value is -1.16. The van der Waals surface area contributed by atoms with Gasteiger partial charge in [-0.05, 0) is 66.7 Å². The van der Waals surface area contributed by atoms with Crippen molar-refractivity contribution < 1.29 is 9.53 Å². The molecule has 0 atom stereocenters. The number of methoxy groups -OCH3 is 1. The fourth-order valence-corrected chi connectivity index (χ4v) is 4.47. The minimum absolute atomic E-state index is 0.173. The minimum Gasteiger partial charge on any atom is -0.496 e. The van der Waals surface area contributed by atoms with Crippen molar-refractivity contribution >= 4 is 27.4 Å². The molecule has 0 unspecified atom stereocenters. The van der Waals surface area contributed by atoms with Crippen molar-refractivity contribution in [2.75, 3.05) is 7.11 Å². The maximum absolute atomic E-state index is 12.8. The van der Waals surface area contributed by atoms with Gasteiger partial charge in [-0.3, -0.25) is 9.79 Å². The molecule has 0 bridgehead atoms. The zero-order chi connectivity index (χ0) is 17.3. The molecule has 1 aliphatic heterocycles. The highest BCUT2D eigenvalue weighted by Crippen LogP contribution is 2.36. The first kappa shape index (κ1) is 17.7. The molecule has 0 N–H and O–H groups in total. The highest BCUT2D eigenvalue weighted by atomic mass is 79.9. The number of ketones is 1. The van der Waals surface area contributed by atoms with Crippen LogP contribution in [-0.2, 0) is 11.2 Å². The number of carbonyl (C=O) groups is 1. The molecule has 0 spiro atoms. The number of hydrogen-bond donors (Lipinski definition) is 0. The number of rotatable bonds is 4. The molecule has 1 fully saturated rings. The van der Waals surface area contributed by atoms with Gasteiger partial charge in [0.25, 0.3) is 0 Å². The summed E-state index contributed by atoms with van der Waals surface area (Å²) < 4.78 is 6.35. The van der Waals surface area contributed by atoms with Gasteiger partial charge in [0.05, 0.1) is 22.8 Å². The van der Waals surface area contributed by atoms with Crippen LogP contribution in [-0.4, -0.2) is 24.1 Å². The van der Waals surface area contributed by atoms with E-state index in [1.165, 1.54) is 24.8 Å². The van der Waals surface area contributed by atoms with Crippen molar-refractivity contribution in [3.05, 3.63) is 27.7 Å². The first-order chi connectivity index (χ1) is 11.4. The second-order valence-electron chi connectivity index (χ2n) is 7.67. The van der Waals surface area contributed by atoms with Crippen LogP contribution in [0.4, 0.5) is 0 Å². The highest BCUT2D eigenvalue weighted by Gasteiger charge is 2.30. The van der Waals surface area contributed by atoms with Gasteiger partial charge in [0.1, 0.15) is 11.5 Å². The number of nitrogens with zero attached hydrogens (tertiary/aromatic N) is 1. The molecule has 1 aromatic rings. The molecule has 3 rings (SSSR count). The summed E-state index contributed by atoms with van der Waals surface area (Å²) >= 11 is 3.57. The molecule has 24 heavy (non-hydrogen) atoms. The molecule has 1 aromatic carbocycles. The van der Waals surface area contributed by atoms with E-state index in [0.717, 1.165) is 40.8 Å². The van der Waals surface area contributed by atoms with Crippen LogP contribution in [0.5, 0.6) is 5.75 Å². The van der Waals surface area contributed by atoms with Crippen LogP contribution >= 0.6 is 15.9 Å². The fourth-order valence-electron chi connectivity index (χ4n) is 3.97. The normalized spacial score (nSPS) is 20.2. The highest BCUT2D eigenvalue weighted by molar-refractivity contribution is 9.10. The Morgan fingerprint density at radius 2 is 2.00 bits per heavy atom. The van der Waals surface area contributed by atoms with E-state index in [1.54, 1.807) is 7.11 Å². The monoisotopic (exact) mass is 391 g/mol. The second kappa shape index (κ2) is 6.99. The predicted octanol–water partition coefficient (Wildman–Crippen LogP) is 5.12. The molecule has 0 aromatic heterocycles. The average Bonchev–Trinajstić information content (AvgIpc) is 2.55. The number of halogens is 1. The first-order valence-corrected chi connectivity index (χ1v) is 9.67. The van der Waals surface area contributed by atoms with Crippen molar-refractivity contribution in [2.24, 2.45) is 10.9 Å². The average molecular weight is 392 g/mol. The topological polar surface area (TPSA) is 38.7 Å². The van der Waals surface area contributed by atoms with Crippen LogP contribution in [0.1, 0.15) is 63.5 Å². The molecule has 0 radical (unpaired) electrons. The number of benzene rings is 1. The summed E-state index contributed by atoms with van der Waals surface area (Å²) in [7, 11) is 1.68. The Kier molecular flexibility index (Phi) is 5.14. The van der Waals surface area contributed by atoms with Crippen molar-refractivity contribution in [1.29, 1.82) is 0 Å². The Morgan fingerprint density at radius 1 is 1.29 bits per heavy atom. The van der Waals surface area contributed by atoms with Crippen LogP contribution in [0.15, 0.2) is 21.6 Å². The van der Waals surface area contributed by atoms with Crippen molar-refractivity contribution in [3.8, 4) is 5.75 Å². The van der Waals surface area contributed by atoms with E-state index in [2.05, 4.69) is 41.9 Å². The van der Waals surface area contributed by atoms with E-state index in [0.29, 0.717) is 12.2 Å². The summed E-state index contributed by atoms with van der Waals surface area (Å²) in [6.45, 7) is 4.27. The van der Waals surface area contributed by atoms with Crippen LogP contribution in [0.3, 0.4) is 0 Å². The lowest BCUT2D eigenvalue weighted by molar-refractivity contribution is -0.122. The molecule has 0 saturated heterocycles. The molecule has 130 valence electrons. The SMILES string of the molecule is COc1cc2c(cc1Br)C(CC(=O)C1CCCCC1)=NC(C)(C)C2. The lowest BCUT2D eigenvalue weighted by atomic mass is 9.81. The smallest absolute Gasteiger partial charge is 0.141 e. The number of hydrogen-bond acceptors (Lipinski definition) is 3. The van der Waals surface area contributed by atoms with Gasteiger partial charge in [0.15, 0.2) is 0 Å². The summed E-state index contributed by atoms with van der Waals surface area (Å²) in [6, 6.07) is 4.15. The van der Waals surface area contributed by atoms with Gasteiger partial charge in [-0.2, -0.15) is 0 Å². The van der Waals surface area contributed by atoms with Gasteiger partial charge in [-0.1, -0.05) is 19.3 Å². The van der Waals surface area contributed by atoms with E-state index in [-0.39, 0.29) is 11.5 Å². The van der Waals surface area contributed by atoms with Gasteiger partial charge >= 0.3 is 0 Å². The Bertz CT molecular complexity index is 672. The Balaban J connectivity index is 1.90. The summed E-state index contributed by atoms with van der Waals surface area (Å²) in [6.07, 6.45) is 7.07. The fraction of sp³-hybridized carbons (Fsp3) is 0.600. The summed E-state index contributed by atoms with van der Waals surface area (Å²) in [5, 5.41) is 0. The number of aliphatic imine (C=N–C) groups is 1. The third-order valence-corrected chi connectivity index (χ3v) is 5.77. The molecule has 4 heteroatoms. The molecule has 0 amide bonds. The largest absolute Gasteiger partial charge is 0.496 e. The van der Waals surface area contributed by atoms with E-state index in [1.807, 2.05) is 0 Å². The minimum atomic E-state index is -0.173. The quantitative estimate of drug-likeness (QED) is 0.713.